The molecule has 0 spiro atoms. The summed E-state index contributed by atoms with van der Waals surface area (Å²) < 4.78 is 16.1. The maximum Gasteiger partial charge on any atom is 0.417 e. The maximum atomic E-state index is 13.3. The lowest BCUT2D eigenvalue weighted by Crippen LogP contribution is -2.55. The first-order valence-electron chi connectivity index (χ1n) is 9.82. The van der Waals surface area contributed by atoms with Crippen LogP contribution in [0.3, 0.4) is 0 Å². The fraction of sp³-hybridized carbons (Fsp3) is 0.476. The number of nitrogens with zero attached hydrogens (tertiary/aromatic N) is 1. The summed E-state index contributed by atoms with van der Waals surface area (Å²) in [5, 5.41) is 19.9. The zero-order valence-corrected chi connectivity index (χ0v) is 18.5. The van der Waals surface area contributed by atoms with Gasteiger partial charge in [0.1, 0.15) is 12.6 Å². The Morgan fingerprint density at radius 2 is 2.03 bits per heavy atom. The van der Waals surface area contributed by atoms with Crippen LogP contribution in [0.4, 0.5) is 4.79 Å². The molecule has 0 aliphatic carbocycles. The predicted molar refractivity (Wildman–Crippen MR) is 111 cm³/mol. The molecule has 0 aromatic heterocycles. The summed E-state index contributed by atoms with van der Waals surface area (Å²) in [6, 6.07) is 8.20. The van der Waals surface area contributed by atoms with Gasteiger partial charge < -0.3 is 24.4 Å². The van der Waals surface area contributed by atoms with Crippen molar-refractivity contribution >= 4 is 33.7 Å². The summed E-state index contributed by atoms with van der Waals surface area (Å²) in [4.78, 5) is 39.2. The molecule has 2 amide bonds. The third-order valence-corrected chi connectivity index (χ3v) is 6.08. The third kappa shape index (κ3) is 4.88. The van der Waals surface area contributed by atoms with E-state index in [1.807, 2.05) is 6.07 Å². The van der Waals surface area contributed by atoms with E-state index in [1.54, 1.807) is 24.3 Å². The molecule has 0 saturated carbocycles. The summed E-state index contributed by atoms with van der Waals surface area (Å²) in [7, 11) is 1.22. The molecular weight excluding hydrogens is 474 g/mol. The second kappa shape index (κ2) is 10.0. The zero-order chi connectivity index (χ0) is 22.6. The first kappa shape index (κ1) is 23.6. The molecule has 1 saturated heterocycles. The van der Waals surface area contributed by atoms with Crippen molar-refractivity contribution < 1.29 is 38.8 Å². The number of hydrogen-bond donors (Lipinski definition) is 2. The van der Waals surface area contributed by atoms with Crippen molar-refractivity contribution in [3.63, 3.8) is 0 Å². The lowest BCUT2D eigenvalue weighted by Gasteiger charge is -2.38. The van der Waals surface area contributed by atoms with Crippen molar-refractivity contribution in [2.45, 2.75) is 43.3 Å². The average molecular weight is 498 g/mol. The number of methoxy groups -OCH3 is 1. The molecule has 10 heteroatoms. The van der Waals surface area contributed by atoms with Gasteiger partial charge in [-0.2, -0.15) is 0 Å². The van der Waals surface area contributed by atoms with Crippen molar-refractivity contribution in [3.8, 4) is 0 Å². The van der Waals surface area contributed by atoms with Crippen LogP contribution in [0.5, 0.6) is 0 Å². The molecule has 1 fully saturated rings. The van der Waals surface area contributed by atoms with Crippen LogP contribution < -0.4 is 0 Å². The normalized spacial score (nSPS) is 27.1. The summed E-state index contributed by atoms with van der Waals surface area (Å²) in [5.41, 5.74) is 0.690. The molecule has 0 radical (unpaired) electrons. The molecule has 0 unspecified atom stereocenters. The number of unbranched alkanes of at least 4 members (excludes halogenated alkanes) is 1. The van der Waals surface area contributed by atoms with Crippen LogP contribution >= 0.6 is 15.9 Å². The van der Waals surface area contributed by atoms with Crippen LogP contribution in [0, 0.1) is 0 Å². The van der Waals surface area contributed by atoms with Crippen LogP contribution in [0.25, 0.3) is 0 Å². The fourth-order valence-corrected chi connectivity index (χ4v) is 4.10. The molecule has 0 bridgehead atoms. The number of rotatable bonds is 8. The topological polar surface area (TPSA) is 123 Å². The molecule has 1 aromatic carbocycles. The van der Waals surface area contributed by atoms with Crippen molar-refractivity contribution in [1.29, 1.82) is 0 Å². The Bertz CT molecular complexity index is 860. The molecule has 31 heavy (non-hydrogen) atoms. The highest BCUT2D eigenvalue weighted by atomic mass is 79.9. The predicted octanol–water partition coefficient (Wildman–Crippen LogP) is 1.82. The van der Waals surface area contributed by atoms with Gasteiger partial charge in [-0.05, 0) is 40.4 Å². The Balaban J connectivity index is 1.85. The highest BCUT2D eigenvalue weighted by molar-refractivity contribution is 9.11. The van der Waals surface area contributed by atoms with E-state index < -0.39 is 41.8 Å². The van der Waals surface area contributed by atoms with Crippen molar-refractivity contribution in [2.75, 3.05) is 20.3 Å². The standard InChI is InChI=1S/C21H24BrNO8/c1-29-18(17-15(25)11-16(22)21(28,31-17)9-5-6-10-24)19(26)23-14(12-30-20(23)27)13-7-3-2-4-8-13/h2-4,7-8,11,14,17-18,24,28H,5-6,9-10,12H2,1H3/t14-,17-,18+,21-/m1/s1. The van der Waals surface area contributed by atoms with Gasteiger partial charge in [-0.25, -0.2) is 9.69 Å². The number of carbonyl (C=O) groups excluding carboxylic acids is 3. The van der Waals surface area contributed by atoms with Crippen LogP contribution in [-0.4, -0.2) is 71.2 Å². The van der Waals surface area contributed by atoms with Gasteiger partial charge in [0.15, 0.2) is 23.8 Å². The van der Waals surface area contributed by atoms with Gasteiger partial charge in [-0.15, -0.1) is 0 Å². The van der Waals surface area contributed by atoms with E-state index in [-0.39, 0.29) is 24.1 Å². The van der Waals surface area contributed by atoms with E-state index in [2.05, 4.69) is 15.9 Å². The Kier molecular flexibility index (Phi) is 7.60. The number of carbonyl (C=O) groups is 3. The van der Waals surface area contributed by atoms with Crippen LogP contribution in [0.2, 0.25) is 0 Å². The summed E-state index contributed by atoms with van der Waals surface area (Å²) in [6.45, 7) is -0.0854. The first-order chi connectivity index (χ1) is 14.8. The number of ether oxygens (including phenoxy) is 3. The van der Waals surface area contributed by atoms with Gasteiger partial charge in [0.25, 0.3) is 5.91 Å². The minimum Gasteiger partial charge on any atom is -0.446 e. The van der Waals surface area contributed by atoms with Crippen molar-refractivity contribution in [2.24, 2.45) is 0 Å². The van der Waals surface area contributed by atoms with E-state index in [1.165, 1.54) is 7.11 Å². The highest BCUT2D eigenvalue weighted by Gasteiger charge is 2.50. The van der Waals surface area contributed by atoms with E-state index in [9.17, 15) is 19.5 Å². The zero-order valence-electron chi connectivity index (χ0n) is 16.9. The van der Waals surface area contributed by atoms with Gasteiger partial charge in [-0.3, -0.25) is 9.59 Å². The van der Waals surface area contributed by atoms with Crippen LogP contribution in [-0.2, 0) is 23.8 Å². The minimum atomic E-state index is -1.87. The molecule has 168 valence electrons. The van der Waals surface area contributed by atoms with Gasteiger partial charge in [-0.1, -0.05) is 30.3 Å². The van der Waals surface area contributed by atoms with Crippen LogP contribution in [0.15, 0.2) is 40.9 Å². The van der Waals surface area contributed by atoms with E-state index in [0.29, 0.717) is 18.4 Å². The number of imide groups is 1. The molecular formula is C21H24BrNO8. The van der Waals surface area contributed by atoms with Crippen molar-refractivity contribution in [1.82, 2.24) is 4.90 Å². The highest BCUT2D eigenvalue weighted by Crippen LogP contribution is 2.37. The quantitative estimate of drug-likeness (QED) is 0.521. The number of amides is 2. The maximum absolute atomic E-state index is 13.3. The number of aliphatic hydroxyl groups is 2. The number of hydrogen-bond acceptors (Lipinski definition) is 8. The molecule has 2 heterocycles. The Hall–Kier alpha value is -2.11. The van der Waals surface area contributed by atoms with E-state index in [0.717, 1.165) is 11.0 Å². The molecule has 2 N–H and O–H groups in total. The van der Waals surface area contributed by atoms with Crippen LogP contribution in [0.1, 0.15) is 30.9 Å². The largest absolute Gasteiger partial charge is 0.446 e. The molecule has 2 aliphatic rings. The lowest BCUT2D eigenvalue weighted by atomic mass is 9.98. The van der Waals surface area contributed by atoms with Gasteiger partial charge in [0.05, 0.1) is 4.48 Å². The summed E-state index contributed by atoms with van der Waals surface area (Å²) >= 11 is 3.15. The number of benzene rings is 1. The molecule has 4 atom stereocenters. The monoisotopic (exact) mass is 497 g/mol. The van der Waals surface area contributed by atoms with E-state index >= 15 is 0 Å². The first-order valence-corrected chi connectivity index (χ1v) is 10.6. The summed E-state index contributed by atoms with van der Waals surface area (Å²) in [5.74, 6) is -3.26. The number of aliphatic hydroxyl groups excluding tert-OH is 1. The van der Waals surface area contributed by atoms with E-state index in [4.69, 9.17) is 19.3 Å². The molecule has 2 aliphatic heterocycles. The smallest absolute Gasteiger partial charge is 0.417 e. The Morgan fingerprint density at radius 3 is 2.68 bits per heavy atom. The lowest BCUT2D eigenvalue weighted by molar-refractivity contribution is -0.227. The fourth-order valence-electron chi connectivity index (χ4n) is 3.59. The molecule has 3 rings (SSSR count). The Labute approximate surface area is 187 Å². The second-order valence-electron chi connectivity index (χ2n) is 7.27. The number of halogens is 1. The van der Waals surface area contributed by atoms with Crippen molar-refractivity contribution in [3.05, 3.63) is 46.5 Å². The van der Waals surface area contributed by atoms with Gasteiger partial charge in [0.2, 0.25) is 0 Å². The Morgan fingerprint density at radius 1 is 1.32 bits per heavy atom. The second-order valence-corrected chi connectivity index (χ2v) is 8.12. The SMILES string of the molecule is CO[C@H](C(=O)N1C(=O)OC[C@@H]1c1ccccc1)[C@@H]1O[C@](O)(CCCCO)C(Br)=CC1=O. The minimum absolute atomic E-state index is 0.0267. The average Bonchev–Trinajstić information content (AvgIpc) is 3.14. The third-order valence-electron chi connectivity index (χ3n) is 5.24. The number of cyclic esters (lactones) is 1. The molecule has 9 nitrogen and oxygen atoms in total. The number of ketones is 1. The van der Waals surface area contributed by atoms with Gasteiger partial charge >= 0.3 is 6.09 Å². The summed E-state index contributed by atoms with van der Waals surface area (Å²) in [6.07, 6.45) is -1.74. The van der Waals surface area contributed by atoms with Gasteiger partial charge in [0, 0.05) is 20.1 Å². The molecule has 1 aromatic rings.